The Balaban J connectivity index is 1.58. The average Bonchev–Trinajstić information content (AvgIpc) is 2.79. The van der Waals surface area contributed by atoms with E-state index < -0.39 is 0 Å². The van der Waals surface area contributed by atoms with Crippen molar-refractivity contribution in [2.45, 2.75) is 44.8 Å². The number of nitrogens with zero attached hydrogens (tertiary/aromatic N) is 1. The highest BCUT2D eigenvalue weighted by atomic mass is 16.5. The summed E-state index contributed by atoms with van der Waals surface area (Å²) in [7, 11) is 0. The first-order chi connectivity index (χ1) is 9.74. The van der Waals surface area contributed by atoms with Gasteiger partial charge in [0.05, 0.1) is 18.8 Å². The highest BCUT2D eigenvalue weighted by molar-refractivity contribution is 5.97. The van der Waals surface area contributed by atoms with E-state index in [-0.39, 0.29) is 5.78 Å². The predicted octanol–water partition coefficient (Wildman–Crippen LogP) is 2.69. The summed E-state index contributed by atoms with van der Waals surface area (Å²) in [6.45, 7) is 4.53. The van der Waals surface area contributed by atoms with Crippen molar-refractivity contribution in [2.75, 3.05) is 19.6 Å². The summed E-state index contributed by atoms with van der Waals surface area (Å²) < 4.78 is 5.80. The third kappa shape index (κ3) is 3.10. The van der Waals surface area contributed by atoms with Crippen LogP contribution in [0, 0.1) is 0 Å². The summed E-state index contributed by atoms with van der Waals surface area (Å²) in [5, 5.41) is 0. The van der Waals surface area contributed by atoms with E-state index in [0.29, 0.717) is 18.8 Å². The minimum Gasteiger partial charge on any atom is -0.372 e. The molecule has 3 nitrogen and oxygen atoms in total. The normalized spacial score (nSPS) is 25.9. The summed E-state index contributed by atoms with van der Waals surface area (Å²) >= 11 is 0. The number of carbonyl (C=O) groups is 1. The van der Waals surface area contributed by atoms with Crippen LogP contribution in [0.25, 0.3) is 0 Å². The molecule has 0 spiro atoms. The average molecular weight is 273 g/mol. The number of rotatable bonds is 5. The Labute approximate surface area is 120 Å². The molecular formula is C17H23NO2. The van der Waals surface area contributed by atoms with E-state index >= 15 is 0 Å². The third-order valence-electron chi connectivity index (χ3n) is 4.30. The molecule has 0 radical (unpaired) electrons. The van der Waals surface area contributed by atoms with Gasteiger partial charge < -0.3 is 4.74 Å². The van der Waals surface area contributed by atoms with E-state index in [2.05, 4.69) is 24.0 Å². The fourth-order valence-corrected chi connectivity index (χ4v) is 3.27. The number of benzene rings is 1. The van der Waals surface area contributed by atoms with Gasteiger partial charge in [-0.15, -0.1) is 0 Å². The monoisotopic (exact) mass is 273 g/mol. The van der Waals surface area contributed by atoms with Crippen LogP contribution in [0.1, 0.15) is 42.1 Å². The molecule has 2 heterocycles. The van der Waals surface area contributed by atoms with E-state index in [9.17, 15) is 4.79 Å². The van der Waals surface area contributed by atoms with Gasteiger partial charge in [0.2, 0.25) is 0 Å². The van der Waals surface area contributed by atoms with Gasteiger partial charge in [-0.1, -0.05) is 37.6 Å². The van der Waals surface area contributed by atoms with Crippen LogP contribution >= 0.6 is 0 Å². The molecule has 3 heteroatoms. The zero-order chi connectivity index (χ0) is 13.9. The number of carbonyl (C=O) groups excluding carboxylic acids is 1. The van der Waals surface area contributed by atoms with E-state index in [1.807, 2.05) is 12.1 Å². The van der Waals surface area contributed by atoms with Crippen LogP contribution in [0.3, 0.4) is 0 Å². The van der Waals surface area contributed by atoms with E-state index in [1.54, 1.807) is 0 Å². The van der Waals surface area contributed by atoms with E-state index in [0.717, 1.165) is 44.3 Å². The summed E-state index contributed by atoms with van der Waals surface area (Å²) in [6.07, 6.45) is 5.25. The lowest BCUT2D eigenvalue weighted by atomic mass is 10.0. The number of aryl methyl sites for hydroxylation is 1. The van der Waals surface area contributed by atoms with Crippen LogP contribution in [0.5, 0.6) is 0 Å². The summed E-state index contributed by atoms with van der Waals surface area (Å²) in [5.41, 5.74) is 2.15. The van der Waals surface area contributed by atoms with Crippen molar-refractivity contribution < 1.29 is 9.53 Å². The molecule has 20 heavy (non-hydrogen) atoms. The topological polar surface area (TPSA) is 29.5 Å². The first-order valence-corrected chi connectivity index (χ1v) is 7.74. The van der Waals surface area contributed by atoms with Gasteiger partial charge in [-0.3, -0.25) is 9.69 Å². The highest BCUT2D eigenvalue weighted by Gasteiger charge is 2.34. The molecule has 2 aliphatic heterocycles. The minimum atomic E-state index is 0.231. The Morgan fingerprint density at radius 1 is 1.20 bits per heavy atom. The number of morpholine rings is 1. The molecule has 0 N–H and O–H groups in total. The molecule has 2 bridgehead atoms. The van der Waals surface area contributed by atoms with Gasteiger partial charge >= 0.3 is 0 Å². The van der Waals surface area contributed by atoms with E-state index in [4.69, 9.17) is 4.74 Å². The number of hydrogen-bond donors (Lipinski definition) is 0. The smallest absolute Gasteiger partial charge is 0.176 e. The van der Waals surface area contributed by atoms with Gasteiger partial charge in [0, 0.05) is 18.7 Å². The van der Waals surface area contributed by atoms with Gasteiger partial charge in [-0.2, -0.15) is 0 Å². The van der Waals surface area contributed by atoms with Gasteiger partial charge in [0.25, 0.3) is 0 Å². The van der Waals surface area contributed by atoms with Crippen LogP contribution in [-0.2, 0) is 11.2 Å². The Morgan fingerprint density at radius 3 is 2.45 bits per heavy atom. The molecular weight excluding hydrogens is 250 g/mol. The number of likely N-dealkylation sites (tertiary alicyclic amines) is 1. The van der Waals surface area contributed by atoms with Crippen molar-refractivity contribution in [1.29, 1.82) is 0 Å². The van der Waals surface area contributed by atoms with Gasteiger partial charge in [-0.05, 0) is 24.8 Å². The van der Waals surface area contributed by atoms with Crippen LogP contribution in [-0.4, -0.2) is 42.5 Å². The largest absolute Gasteiger partial charge is 0.372 e. The lowest BCUT2D eigenvalue weighted by molar-refractivity contribution is -0.0355. The molecule has 1 aromatic rings. The molecule has 2 saturated heterocycles. The first kappa shape index (κ1) is 13.8. The second-order valence-electron chi connectivity index (χ2n) is 6.02. The number of ether oxygens (including phenoxy) is 1. The Hall–Kier alpha value is -1.19. The maximum Gasteiger partial charge on any atom is 0.176 e. The van der Waals surface area contributed by atoms with Crippen LogP contribution in [0.15, 0.2) is 24.3 Å². The Bertz CT molecular complexity index is 456. The van der Waals surface area contributed by atoms with Crippen molar-refractivity contribution in [2.24, 2.45) is 0 Å². The predicted molar refractivity (Wildman–Crippen MR) is 79.1 cm³/mol. The van der Waals surface area contributed by atoms with Crippen LogP contribution < -0.4 is 0 Å². The zero-order valence-corrected chi connectivity index (χ0v) is 12.2. The molecule has 0 saturated carbocycles. The van der Waals surface area contributed by atoms with Crippen molar-refractivity contribution in [3.8, 4) is 0 Å². The van der Waals surface area contributed by atoms with Crippen LogP contribution in [0.4, 0.5) is 0 Å². The number of ketones is 1. The molecule has 0 aromatic heterocycles. The highest BCUT2D eigenvalue weighted by Crippen LogP contribution is 2.26. The second-order valence-corrected chi connectivity index (χ2v) is 6.02. The Morgan fingerprint density at radius 2 is 1.85 bits per heavy atom. The quantitative estimate of drug-likeness (QED) is 0.773. The Kier molecular flexibility index (Phi) is 4.18. The molecule has 2 unspecified atom stereocenters. The summed E-state index contributed by atoms with van der Waals surface area (Å²) in [5.74, 6) is 0.231. The number of Topliss-reactive ketones (excluding diaryl/α,β-unsaturated/α-hetero) is 1. The minimum absolute atomic E-state index is 0.231. The molecule has 3 rings (SSSR count). The fraction of sp³-hybridized carbons (Fsp3) is 0.588. The molecule has 0 aliphatic carbocycles. The van der Waals surface area contributed by atoms with Gasteiger partial charge in [0.1, 0.15) is 0 Å². The van der Waals surface area contributed by atoms with Gasteiger partial charge in [-0.25, -0.2) is 0 Å². The standard InChI is InChI=1S/C17H23NO2/c1-2-3-13-4-6-14(7-5-13)17(19)12-18-10-15-8-9-16(11-18)20-15/h4-7,15-16H,2-3,8-12H2,1H3. The van der Waals surface area contributed by atoms with Crippen molar-refractivity contribution >= 4 is 5.78 Å². The third-order valence-corrected chi connectivity index (χ3v) is 4.30. The zero-order valence-electron chi connectivity index (χ0n) is 12.2. The SMILES string of the molecule is CCCc1ccc(C(=O)CN2CC3CCC(C2)O3)cc1. The van der Waals surface area contributed by atoms with E-state index in [1.165, 1.54) is 5.56 Å². The molecule has 2 aliphatic rings. The maximum absolute atomic E-state index is 12.3. The summed E-state index contributed by atoms with van der Waals surface area (Å²) in [4.78, 5) is 14.6. The van der Waals surface area contributed by atoms with Crippen molar-refractivity contribution in [3.05, 3.63) is 35.4 Å². The number of hydrogen-bond acceptors (Lipinski definition) is 3. The summed E-state index contributed by atoms with van der Waals surface area (Å²) in [6, 6.07) is 8.12. The lowest BCUT2D eigenvalue weighted by Gasteiger charge is -2.31. The van der Waals surface area contributed by atoms with Crippen LogP contribution in [0.2, 0.25) is 0 Å². The molecule has 2 atom stereocenters. The molecule has 1 aromatic carbocycles. The maximum atomic E-state index is 12.3. The van der Waals surface area contributed by atoms with Crippen molar-refractivity contribution in [3.63, 3.8) is 0 Å². The van der Waals surface area contributed by atoms with Crippen molar-refractivity contribution in [1.82, 2.24) is 4.90 Å². The molecule has 2 fully saturated rings. The number of fused-ring (bicyclic) bond motifs is 2. The molecule has 108 valence electrons. The lowest BCUT2D eigenvalue weighted by Crippen LogP contribution is -2.44. The second kappa shape index (κ2) is 6.06. The van der Waals surface area contributed by atoms with Gasteiger partial charge in [0.15, 0.2) is 5.78 Å². The first-order valence-electron chi connectivity index (χ1n) is 7.74. The fourth-order valence-electron chi connectivity index (χ4n) is 3.27. The molecule has 0 amide bonds.